The van der Waals surface area contributed by atoms with E-state index in [9.17, 15) is 0 Å². The molecule has 0 aliphatic carbocycles. The molecule has 1 saturated heterocycles. The summed E-state index contributed by atoms with van der Waals surface area (Å²) in [4.78, 5) is 2.43. The third kappa shape index (κ3) is 3.95. The Morgan fingerprint density at radius 2 is 2.36 bits per heavy atom. The van der Waals surface area contributed by atoms with Gasteiger partial charge in [-0.15, -0.1) is 0 Å². The second-order valence-electron chi connectivity index (χ2n) is 4.29. The van der Waals surface area contributed by atoms with Crippen molar-refractivity contribution in [3.63, 3.8) is 0 Å². The lowest BCUT2D eigenvalue weighted by atomic mass is 10.1. The zero-order valence-corrected chi connectivity index (χ0v) is 9.75. The van der Waals surface area contributed by atoms with Crippen LogP contribution in [0.25, 0.3) is 0 Å². The summed E-state index contributed by atoms with van der Waals surface area (Å²) in [5.41, 5.74) is 0. The summed E-state index contributed by atoms with van der Waals surface area (Å²) in [6.45, 7) is 8.47. The van der Waals surface area contributed by atoms with Crippen LogP contribution in [0, 0.1) is 0 Å². The van der Waals surface area contributed by atoms with E-state index in [0.717, 1.165) is 19.8 Å². The van der Waals surface area contributed by atoms with Crippen molar-refractivity contribution in [3.05, 3.63) is 0 Å². The van der Waals surface area contributed by atoms with E-state index in [0.29, 0.717) is 12.1 Å². The predicted octanol–water partition coefficient (Wildman–Crippen LogP) is 1.10. The molecule has 2 unspecified atom stereocenters. The fourth-order valence-corrected chi connectivity index (χ4v) is 1.94. The highest BCUT2D eigenvalue weighted by molar-refractivity contribution is 4.76. The SMILES string of the molecule is CCCN(C)C(C)CC1COCCN1. The van der Waals surface area contributed by atoms with Gasteiger partial charge in [-0.05, 0) is 33.4 Å². The molecular weight excluding hydrogens is 176 g/mol. The summed E-state index contributed by atoms with van der Waals surface area (Å²) < 4.78 is 5.44. The second-order valence-corrected chi connectivity index (χ2v) is 4.29. The molecular formula is C11H24N2O. The Bertz CT molecular complexity index is 146. The molecule has 3 nitrogen and oxygen atoms in total. The topological polar surface area (TPSA) is 24.5 Å². The summed E-state index contributed by atoms with van der Waals surface area (Å²) in [5.74, 6) is 0. The van der Waals surface area contributed by atoms with Crippen molar-refractivity contribution in [1.82, 2.24) is 10.2 Å². The van der Waals surface area contributed by atoms with Crippen LogP contribution in [0.1, 0.15) is 26.7 Å². The molecule has 0 radical (unpaired) electrons. The third-order valence-electron chi connectivity index (χ3n) is 2.95. The van der Waals surface area contributed by atoms with Crippen LogP contribution in [-0.4, -0.2) is 50.3 Å². The van der Waals surface area contributed by atoms with Crippen molar-refractivity contribution in [2.24, 2.45) is 0 Å². The molecule has 0 aromatic rings. The summed E-state index contributed by atoms with van der Waals surface area (Å²) in [5, 5.41) is 3.50. The quantitative estimate of drug-likeness (QED) is 0.719. The van der Waals surface area contributed by atoms with E-state index < -0.39 is 0 Å². The highest BCUT2D eigenvalue weighted by Gasteiger charge is 2.18. The Labute approximate surface area is 87.8 Å². The monoisotopic (exact) mass is 200 g/mol. The fourth-order valence-electron chi connectivity index (χ4n) is 1.94. The summed E-state index contributed by atoms with van der Waals surface area (Å²) in [7, 11) is 2.21. The number of hydrogen-bond donors (Lipinski definition) is 1. The predicted molar refractivity (Wildman–Crippen MR) is 59.6 cm³/mol. The molecule has 0 bridgehead atoms. The molecule has 1 fully saturated rings. The van der Waals surface area contributed by atoms with Crippen LogP contribution in [0.2, 0.25) is 0 Å². The van der Waals surface area contributed by atoms with Gasteiger partial charge in [-0.2, -0.15) is 0 Å². The Morgan fingerprint density at radius 3 is 2.93 bits per heavy atom. The lowest BCUT2D eigenvalue weighted by Crippen LogP contribution is -2.45. The van der Waals surface area contributed by atoms with Crippen LogP contribution in [0.4, 0.5) is 0 Å². The highest BCUT2D eigenvalue weighted by Crippen LogP contribution is 2.07. The van der Waals surface area contributed by atoms with E-state index >= 15 is 0 Å². The molecule has 1 aliphatic heterocycles. The molecule has 0 amide bonds. The summed E-state index contributed by atoms with van der Waals surface area (Å²) in [6.07, 6.45) is 2.42. The lowest BCUT2D eigenvalue weighted by molar-refractivity contribution is 0.0645. The van der Waals surface area contributed by atoms with Crippen LogP contribution < -0.4 is 5.32 Å². The first-order chi connectivity index (χ1) is 6.74. The minimum Gasteiger partial charge on any atom is -0.379 e. The number of rotatable bonds is 5. The van der Waals surface area contributed by atoms with Gasteiger partial charge in [0.05, 0.1) is 13.2 Å². The summed E-state index contributed by atoms with van der Waals surface area (Å²) >= 11 is 0. The number of nitrogens with zero attached hydrogens (tertiary/aromatic N) is 1. The lowest BCUT2D eigenvalue weighted by Gasteiger charge is -2.30. The molecule has 1 heterocycles. The van der Waals surface area contributed by atoms with E-state index in [1.165, 1.54) is 19.4 Å². The molecule has 1 N–H and O–H groups in total. The molecule has 3 heteroatoms. The Morgan fingerprint density at radius 1 is 1.57 bits per heavy atom. The Balaban J connectivity index is 2.20. The van der Waals surface area contributed by atoms with Crippen molar-refractivity contribution in [3.8, 4) is 0 Å². The minimum atomic E-state index is 0.554. The molecule has 14 heavy (non-hydrogen) atoms. The molecule has 0 aromatic heterocycles. The Hall–Kier alpha value is -0.120. The first-order valence-electron chi connectivity index (χ1n) is 5.75. The average Bonchev–Trinajstić information content (AvgIpc) is 2.19. The van der Waals surface area contributed by atoms with Gasteiger partial charge in [0, 0.05) is 18.6 Å². The van der Waals surface area contributed by atoms with Crippen molar-refractivity contribution < 1.29 is 4.74 Å². The zero-order valence-electron chi connectivity index (χ0n) is 9.75. The third-order valence-corrected chi connectivity index (χ3v) is 2.95. The van der Waals surface area contributed by atoms with Gasteiger partial charge in [-0.1, -0.05) is 6.92 Å². The molecule has 2 atom stereocenters. The van der Waals surface area contributed by atoms with Crippen LogP contribution in [-0.2, 0) is 4.74 Å². The number of ether oxygens (including phenoxy) is 1. The van der Waals surface area contributed by atoms with E-state index in [-0.39, 0.29) is 0 Å². The van der Waals surface area contributed by atoms with E-state index in [2.05, 4.69) is 31.1 Å². The minimum absolute atomic E-state index is 0.554. The van der Waals surface area contributed by atoms with Gasteiger partial charge >= 0.3 is 0 Å². The van der Waals surface area contributed by atoms with Crippen LogP contribution >= 0.6 is 0 Å². The number of nitrogens with one attached hydrogen (secondary N) is 1. The average molecular weight is 200 g/mol. The van der Waals surface area contributed by atoms with Gasteiger partial charge in [-0.25, -0.2) is 0 Å². The van der Waals surface area contributed by atoms with E-state index in [1.54, 1.807) is 0 Å². The maximum atomic E-state index is 5.44. The van der Waals surface area contributed by atoms with Crippen molar-refractivity contribution in [2.75, 3.05) is 33.4 Å². The largest absolute Gasteiger partial charge is 0.379 e. The standard InChI is InChI=1S/C11H24N2O/c1-4-6-13(3)10(2)8-11-9-14-7-5-12-11/h10-12H,4-9H2,1-3H3. The second kappa shape index (κ2) is 6.38. The molecule has 1 aliphatic rings. The number of hydrogen-bond acceptors (Lipinski definition) is 3. The molecule has 1 rings (SSSR count). The first kappa shape index (κ1) is 12.0. The van der Waals surface area contributed by atoms with Crippen LogP contribution in [0.15, 0.2) is 0 Å². The smallest absolute Gasteiger partial charge is 0.0620 e. The normalized spacial score (nSPS) is 25.3. The van der Waals surface area contributed by atoms with Crippen molar-refractivity contribution >= 4 is 0 Å². The van der Waals surface area contributed by atoms with Crippen LogP contribution in [0.5, 0.6) is 0 Å². The molecule has 84 valence electrons. The summed E-state index contributed by atoms with van der Waals surface area (Å²) in [6, 6.07) is 1.20. The van der Waals surface area contributed by atoms with Crippen LogP contribution in [0.3, 0.4) is 0 Å². The maximum absolute atomic E-state index is 5.44. The highest BCUT2D eigenvalue weighted by atomic mass is 16.5. The first-order valence-corrected chi connectivity index (χ1v) is 5.75. The van der Waals surface area contributed by atoms with Gasteiger partial charge in [-0.3, -0.25) is 0 Å². The van der Waals surface area contributed by atoms with Crippen molar-refractivity contribution in [1.29, 1.82) is 0 Å². The van der Waals surface area contributed by atoms with Gasteiger partial charge in [0.2, 0.25) is 0 Å². The zero-order chi connectivity index (χ0) is 10.4. The van der Waals surface area contributed by atoms with Gasteiger partial charge in [0.25, 0.3) is 0 Å². The molecule has 0 spiro atoms. The van der Waals surface area contributed by atoms with E-state index in [1.807, 2.05) is 0 Å². The van der Waals surface area contributed by atoms with E-state index in [4.69, 9.17) is 4.74 Å². The van der Waals surface area contributed by atoms with Gasteiger partial charge < -0.3 is 15.0 Å². The maximum Gasteiger partial charge on any atom is 0.0620 e. The molecule has 0 saturated carbocycles. The molecule has 0 aromatic carbocycles. The fraction of sp³-hybridized carbons (Fsp3) is 1.00. The van der Waals surface area contributed by atoms with Gasteiger partial charge in [0.15, 0.2) is 0 Å². The van der Waals surface area contributed by atoms with Gasteiger partial charge in [0.1, 0.15) is 0 Å². The van der Waals surface area contributed by atoms with Crippen molar-refractivity contribution in [2.45, 2.75) is 38.8 Å². The Kier molecular flexibility index (Phi) is 5.45. The number of morpholine rings is 1.